The molecule has 1 aromatic carbocycles. The number of carbonyl (C=O) groups is 2. The fourth-order valence-corrected chi connectivity index (χ4v) is 4.29. The van der Waals surface area contributed by atoms with E-state index in [0.717, 1.165) is 54.0 Å². The summed E-state index contributed by atoms with van der Waals surface area (Å²) < 4.78 is 0. The minimum Gasteiger partial charge on any atom is -0.341 e. The van der Waals surface area contributed by atoms with Crippen LogP contribution in [-0.2, 0) is 4.79 Å². The summed E-state index contributed by atoms with van der Waals surface area (Å²) in [5.41, 5.74) is 5.55. The minimum absolute atomic E-state index is 0.157. The van der Waals surface area contributed by atoms with Gasteiger partial charge in [-0.15, -0.1) is 11.3 Å². The Balaban J connectivity index is 1.44. The molecule has 0 bridgehead atoms. The van der Waals surface area contributed by atoms with Crippen molar-refractivity contribution in [2.75, 3.05) is 0 Å². The normalized spacial score (nSPS) is 11.9. The van der Waals surface area contributed by atoms with Crippen LogP contribution in [-0.4, -0.2) is 36.8 Å². The van der Waals surface area contributed by atoms with Gasteiger partial charge >= 0.3 is 0 Å². The Morgan fingerprint density at radius 3 is 2.50 bits per heavy atom. The number of H-pyrrole nitrogens is 2. The number of nitrogens with one attached hydrogen (secondary N) is 3. The number of amides is 1. The first kappa shape index (κ1) is 23.6. The summed E-state index contributed by atoms with van der Waals surface area (Å²) in [5, 5.41) is 10.1. The first-order valence-electron chi connectivity index (χ1n) is 11.5. The van der Waals surface area contributed by atoms with Gasteiger partial charge in [-0.3, -0.25) is 19.7 Å². The van der Waals surface area contributed by atoms with Crippen LogP contribution in [0.2, 0.25) is 0 Å². The van der Waals surface area contributed by atoms with Gasteiger partial charge in [-0.05, 0) is 30.0 Å². The van der Waals surface area contributed by atoms with E-state index in [1.54, 1.807) is 24.1 Å². The van der Waals surface area contributed by atoms with Crippen LogP contribution >= 0.6 is 11.3 Å². The number of benzene rings is 1. The molecular formula is C25H28N6O2S. The van der Waals surface area contributed by atoms with Crippen LogP contribution in [0.3, 0.4) is 0 Å². The quantitative estimate of drug-likeness (QED) is 0.239. The molecule has 3 N–H and O–H groups in total. The van der Waals surface area contributed by atoms with Crippen molar-refractivity contribution in [3.8, 4) is 22.5 Å². The summed E-state index contributed by atoms with van der Waals surface area (Å²) in [6, 6.07) is 9.80. The van der Waals surface area contributed by atoms with E-state index in [1.807, 2.05) is 37.3 Å². The van der Waals surface area contributed by atoms with Gasteiger partial charge in [0.15, 0.2) is 0 Å². The number of Topliss-reactive ketones (excluding diaryl/α,β-unsaturated/α-hetero) is 1. The predicted molar refractivity (Wildman–Crippen MR) is 132 cm³/mol. The predicted octanol–water partition coefficient (Wildman–Crippen LogP) is 5.32. The maximum Gasteiger partial charge on any atom is 0.263 e. The molecule has 0 aliphatic heterocycles. The van der Waals surface area contributed by atoms with E-state index in [9.17, 15) is 9.59 Å². The number of imidazole rings is 1. The second-order valence-electron chi connectivity index (χ2n) is 8.11. The molecule has 0 aliphatic carbocycles. The summed E-state index contributed by atoms with van der Waals surface area (Å²) in [5.74, 6) is 0.856. The van der Waals surface area contributed by atoms with Crippen LogP contribution in [0.1, 0.15) is 67.0 Å². The van der Waals surface area contributed by atoms with E-state index in [2.05, 4.69) is 30.5 Å². The number of hydrogen-bond donors (Lipinski definition) is 3. The van der Waals surface area contributed by atoms with Crippen molar-refractivity contribution in [2.45, 2.75) is 51.5 Å². The molecule has 0 radical (unpaired) electrons. The first-order valence-corrected chi connectivity index (χ1v) is 12.4. The molecule has 4 aromatic rings. The van der Waals surface area contributed by atoms with Gasteiger partial charge in [0.2, 0.25) is 0 Å². The Kier molecular flexibility index (Phi) is 7.98. The summed E-state index contributed by atoms with van der Waals surface area (Å²) in [7, 11) is 0. The van der Waals surface area contributed by atoms with Gasteiger partial charge in [0.1, 0.15) is 16.5 Å². The van der Waals surface area contributed by atoms with Crippen LogP contribution in [0.5, 0.6) is 0 Å². The highest BCUT2D eigenvalue weighted by molar-refractivity contribution is 7.11. The molecule has 9 heteroatoms. The van der Waals surface area contributed by atoms with Crippen molar-refractivity contribution >= 4 is 23.0 Å². The molecule has 0 aliphatic rings. The highest BCUT2D eigenvalue weighted by Crippen LogP contribution is 2.25. The number of thiazole rings is 1. The zero-order chi connectivity index (χ0) is 23.8. The van der Waals surface area contributed by atoms with Crippen molar-refractivity contribution in [3.05, 3.63) is 65.1 Å². The highest BCUT2D eigenvalue weighted by Gasteiger charge is 2.20. The molecule has 0 saturated heterocycles. The average Bonchev–Trinajstić information content (AvgIpc) is 3.65. The van der Waals surface area contributed by atoms with E-state index in [-0.39, 0.29) is 11.9 Å². The molecule has 1 atom stereocenters. The van der Waals surface area contributed by atoms with Gasteiger partial charge < -0.3 is 10.3 Å². The van der Waals surface area contributed by atoms with Gasteiger partial charge in [-0.25, -0.2) is 4.98 Å². The topological polar surface area (TPSA) is 116 Å². The van der Waals surface area contributed by atoms with Crippen LogP contribution in [0.4, 0.5) is 0 Å². The number of aromatic nitrogens is 5. The number of rotatable bonds is 12. The van der Waals surface area contributed by atoms with Crippen molar-refractivity contribution in [1.29, 1.82) is 0 Å². The smallest absolute Gasteiger partial charge is 0.263 e. The molecule has 1 amide bonds. The Morgan fingerprint density at radius 2 is 1.82 bits per heavy atom. The number of hydrogen-bond acceptors (Lipinski definition) is 6. The number of nitrogens with zero attached hydrogens (tertiary/aromatic N) is 3. The van der Waals surface area contributed by atoms with Crippen molar-refractivity contribution < 1.29 is 9.59 Å². The first-order chi connectivity index (χ1) is 16.6. The van der Waals surface area contributed by atoms with Gasteiger partial charge in [0.05, 0.1) is 35.3 Å². The summed E-state index contributed by atoms with van der Waals surface area (Å²) in [6.45, 7) is 1.90. The highest BCUT2D eigenvalue weighted by atomic mass is 32.1. The van der Waals surface area contributed by atoms with Gasteiger partial charge in [0, 0.05) is 19.0 Å². The number of aromatic amines is 2. The summed E-state index contributed by atoms with van der Waals surface area (Å²) in [4.78, 5) is 36.8. The summed E-state index contributed by atoms with van der Waals surface area (Å²) in [6.07, 6.45) is 9.73. The fourth-order valence-electron chi connectivity index (χ4n) is 3.77. The van der Waals surface area contributed by atoms with Gasteiger partial charge in [0.25, 0.3) is 5.91 Å². The maximum atomic E-state index is 12.7. The standard InChI is InChI=1S/C25H28N6O2S/c1-2-19(32)6-4-3-5-7-21(30-25(33)23-15-26-16-34-23)24-27-14-22(29-24)18-10-8-17(9-11-18)20-12-13-28-31-20/h8-16,21H,2-7H2,1H3,(H,27,29)(H,28,31)(H,30,33)/t21-/m0/s1. The molecule has 0 spiro atoms. The zero-order valence-corrected chi connectivity index (χ0v) is 19.9. The largest absolute Gasteiger partial charge is 0.341 e. The summed E-state index contributed by atoms with van der Waals surface area (Å²) >= 11 is 1.31. The average molecular weight is 477 g/mol. The van der Waals surface area contributed by atoms with E-state index in [0.29, 0.717) is 23.5 Å². The third-order valence-electron chi connectivity index (χ3n) is 5.74. The van der Waals surface area contributed by atoms with Gasteiger partial charge in [-0.2, -0.15) is 5.10 Å². The van der Waals surface area contributed by atoms with Gasteiger partial charge in [-0.1, -0.05) is 44.0 Å². The Morgan fingerprint density at radius 1 is 1.03 bits per heavy atom. The molecule has 4 rings (SSSR count). The fraction of sp³-hybridized carbons (Fsp3) is 0.320. The lowest BCUT2D eigenvalue weighted by Crippen LogP contribution is -2.28. The van der Waals surface area contributed by atoms with Crippen LogP contribution in [0.15, 0.2) is 54.4 Å². The Bertz CT molecular complexity index is 1180. The molecule has 176 valence electrons. The maximum absolute atomic E-state index is 12.7. The number of carbonyl (C=O) groups excluding carboxylic acids is 2. The molecular weight excluding hydrogens is 448 g/mol. The molecule has 0 fully saturated rings. The second kappa shape index (κ2) is 11.5. The van der Waals surface area contributed by atoms with E-state index in [1.165, 1.54) is 11.3 Å². The minimum atomic E-state index is -0.255. The monoisotopic (exact) mass is 476 g/mol. The molecule has 8 nitrogen and oxygen atoms in total. The van der Waals surface area contributed by atoms with Crippen LogP contribution in [0, 0.1) is 0 Å². The second-order valence-corrected chi connectivity index (χ2v) is 9.00. The molecule has 3 heterocycles. The van der Waals surface area contributed by atoms with Crippen molar-refractivity contribution in [1.82, 2.24) is 30.5 Å². The van der Waals surface area contributed by atoms with Crippen LogP contribution in [0.25, 0.3) is 22.5 Å². The molecule has 34 heavy (non-hydrogen) atoms. The number of ketones is 1. The third-order valence-corrected chi connectivity index (χ3v) is 6.51. The van der Waals surface area contributed by atoms with Crippen LogP contribution < -0.4 is 5.32 Å². The van der Waals surface area contributed by atoms with Crippen molar-refractivity contribution in [2.24, 2.45) is 0 Å². The van der Waals surface area contributed by atoms with E-state index in [4.69, 9.17) is 0 Å². The lowest BCUT2D eigenvalue weighted by atomic mass is 10.0. The molecule has 3 aromatic heterocycles. The Hall–Kier alpha value is -3.59. The number of unbranched alkanes of at least 4 members (excludes halogenated alkanes) is 2. The lowest BCUT2D eigenvalue weighted by Gasteiger charge is -2.16. The van der Waals surface area contributed by atoms with Crippen molar-refractivity contribution in [3.63, 3.8) is 0 Å². The SMILES string of the molecule is CCC(=O)CCCCC[C@H](NC(=O)c1cncs1)c1ncc(-c2ccc(-c3ccn[nH]3)cc2)[nH]1. The lowest BCUT2D eigenvalue weighted by molar-refractivity contribution is -0.118. The van der Waals surface area contributed by atoms with E-state index >= 15 is 0 Å². The van der Waals surface area contributed by atoms with E-state index < -0.39 is 0 Å². The Labute approximate surface area is 202 Å². The molecule has 0 saturated carbocycles. The molecule has 0 unspecified atom stereocenters. The zero-order valence-electron chi connectivity index (χ0n) is 19.1. The third kappa shape index (κ3) is 6.05.